The lowest BCUT2D eigenvalue weighted by Gasteiger charge is -2.28. The van der Waals surface area contributed by atoms with E-state index in [-0.39, 0.29) is 17.5 Å². The van der Waals surface area contributed by atoms with Crippen molar-refractivity contribution < 1.29 is 22.4 Å². The molecular formula is C23H38N4O5S. The van der Waals surface area contributed by atoms with E-state index in [0.29, 0.717) is 25.4 Å². The van der Waals surface area contributed by atoms with Gasteiger partial charge >= 0.3 is 0 Å². The van der Waals surface area contributed by atoms with Crippen LogP contribution in [0.25, 0.3) is 0 Å². The van der Waals surface area contributed by atoms with Crippen molar-refractivity contribution in [3.63, 3.8) is 0 Å². The molecular weight excluding hydrogens is 444 g/mol. The number of amides is 2. The summed E-state index contributed by atoms with van der Waals surface area (Å²) in [6.45, 7) is 10.9. The van der Waals surface area contributed by atoms with Gasteiger partial charge in [0, 0.05) is 6.54 Å². The van der Waals surface area contributed by atoms with Crippen molar-refractivity contribution in [2.45, 2.75) is 78.4 Å². The third-order valence-corrected chi connectivity index (χ3v) is 7.88. The molecule has 186 valence electrons. The zero-order valence-electron chi connectivity index (χ0n) is 20.5. The van der Waals surface area contributed by atoms with Crippen molar-refractivity contribution in [2.75, 3.05) is 25.9 Å². The van der Waals surface area contributed by atoms with Crippen LogP contribution in [0, 0.1) is 11.8 Å². The topological polar surface area (TPSA) is 104 Å². The van der Waals surface area contributed by atoms with Gasteiger partial charge in [0.1, 0.15) is 6.26 Å². The smallest absolute Gasteiger partial charge is 0.276 e. The van der Waals surface area contributed by atoms with E-state index < -0.39 is 33.9 Å². The molecule has 9 nitrogen and oxygen atoms in total. The van der Waals surface area contributed by atoms with Gasteiger partial charge in [-0.15, -0.1) is 0 Å². The maximum atomic E-state index is 13.4. The second kappa shape index (κ2) is 10.5. The van der Waals surface area contributed by atoms with Crippen molar-refractivity contribution in [1.29, 1.82) is 0 Å². The number of carbonyl (C=O) groups is 2. The molecule has 10 heteroatoms. The van der Waals surface area contributed by atoms with E-state index in [0.717, 1.165) is 49.3 Å². The Morgan fingerprint density at radius 1 is 1.24 bits per heavy atom. The normalized spacial score (nSPS) is 23.2. The van der Waals surface area contributed by atoms with Gasteiger partial charge in [0.25, 0.3) is 5.91 Å². The number of nitrogens with zero attached hydrogens (tertiary/aromatic N) is 4. The van der Waals surface area contributed by atoms with Crippen LogP contribution in [-0.2, 0) is 21.4 Å². The molecule has 0 unspecified atom stereocenters. The van der Waals surface area contributed by atoms with Crippen LogP contribution in [0.15, 0.2) is 10.7 Å². The Balaban J connectivity index is 1.78. The molecule has 3 atom stereocenters. The number of sulfonamides is 1. The van der Waals surface area contributed by atoms with E-state index in [2.05, 4.69) is 23.7 Å². The first-order chi connectivity index (χ1) is 15.6. The standard InChI is InChI=1S/C23H38N4O5S/c1-6-8-11-25(12-9-7-2)14-19-24-17(15-32-19)22(28)26-13-10-18-21(26)20(16(3)4)23(29)27(18)33(5,30)31/h15-16,18,20-21H,6-14H2,1-5H3/t18-,20-,21-/m0/s1. The highest BCUT2D eigenvalue weighted by Gasteiger charge is 2.58. The largest absolute Gasteiger partial charge is 0.447 e. The summed E-state index contributed by atoms with van der Waals surface area (Å²) in [5.41, 5.74) is 0.212. The van der Waals surface area contributed by atoms with E-state index in [1.54, 1.807) is 4.90 Å². The zero-order chi connectivity index (χ0) is 24.3. The number of aromatic nitrogens is 1. The maximum absolute atomic E-state index is 13.4. The summed E-state index contributed by atoms with van der Waals surface area (Å²) in [6.07, 6.45) is 7.28. The summed E-state index contributed by atoms with van der Waals surface area (Å²) in [5.74, 6) is -0.866. The van der Waals surface area contributed by atoms with Crippen LogP contribution >= 0.6 is 0 Å². The molecule has 2 amide bonds. The molecule has 2 aliphatic heterocycles. The highest BCUT2D eigenvalue weighted by molar-refractivity contribution is 7.88. The number of unbranched alkanes of at least 4 members (excludes halogenated alkanes) is 2. The van der Waals surface area contributed by atoms with E-state index in [9.17, 15) is 18.0 Å². The zero-order valence-corrected chi connectivity index (χ0v) is 21.3. The lowest BCUT2D eigenvalue weighted by molar-refractivity contribution is -0.129. The second-order valence-corrected chi connectivity index (χ2v) is 11.5. The van der Waals surface area contributed by atoms with Gasteiger partial charge < -0.3 is 9.32 Å². The summed E-state index contributed by atoms with van der Waals surface area (Å²) in [6, 6.07) is -1.00. The second-order valence-electron chi connectivity index (χ2n) is 9.62. The van der Waals surface area contributed by atoms with Gasteiger partial charge in [-0.05, 0) is 38.3 Å². The Kier molecular flexibility index (Phi) is 8.21. The molecule has 0 bridgehead atoms. The van der Waals surface area contributed by atoms with E-state index >= 15 is 0 Å². The lowest BCUT2D eigenvalue weighted by Crippen LogP contribution is -2.44. The average Bonchev–Trinajstić information content (AvgIpc) is 3.42. The third-order valence-electron chi connectivity index (χ3n) is 6.71. The first-order valence-electron chi connectivity index (χ1n) is 12.1. The third kappa shape index (κ3) is 5.42. The van der Waals surface area contributed by atoms with Crippen LogP contribution in [0.2, 0.25) is 0 Å². The Hall–Kier alpha value is -1.94. The fraction of sp³-hybridized carbons (Fsp3) is 0.783. The van der Waals surface area contributed by atoms with Crippen molar-refractivity contribution in [2.24, 2.45) is 11.8 Å². The van der Waals surface area contributed by atoms with E-state index in [1.165, 1.54) is 6.26 Å². The Bertz CT molecular complexity index is 936. The van der Waals surface area contributed by atoms with Gasteiger partial charge in [0.15, 0.2) is 5.69 Å². The van der Waals surface area contributed by atoms with Crippen LogP contribution in [0.1, 0.15) is 76.2 Å². The van der Waals surface area contributed by atoms with Gasteiger partial charge in [-0.25, -0.2) is 17.7 Å². The molecule has 2 saturated heterocycles. The predicted octanol–water partition coefficient (Wildman–Crippen LogP) is 2.73. The average molecular weight is 483 g/mol. The Morgan fingerprint density at radius 3 is 2.42 bits per heavy atom. The molecule has 0 N–H and O–H groups in total. The highest BCUT2D eigenvalue weighted by atomic mass is 32.2. The minimum absolute atomic E-state index is 0.0938. The van der Waals surface area contributed by atoms with E-state index in [4.69, 9.17) is 4.42 Å². The molecule has 0 spiro atoms. The number of carbonyl (C=O) groups excluding carboxylic acids is 2. The van der Waals surface area contributed by atoms with Crippen LogP contribution in [0.3, 0.4) is 0 Å². The molecule has 0 aliphatic carbocycles. The summed E-state index contributed by atoms with van der Waals surface area (Å²) >= 11 is 0. The quantitative estimate of drug-likeness (QED) is 0.478. The molecule has 3 rings (SSSR count). The monoisotopic (exact) mass is 482 g/mol. The van der Waals surface area contributed by atoms with Crippen LogP contribution < -0.4 is 0 Å². The SMILES string of the molecule is CCCCN(CCCC)Cc1nc(C(=O)N2CC[C@H]3[C@H]2[C@H](C(C)C)C(=O)N3S(C)(=O)=O)co1. The number of rotatable bonds is 11. The van der Waals surface area contributed by atoms with Crippen molar-refractivity contribution >= 4 is 21.8 Å². The fourth-order valence-electron chi connectivity index (χ4n) is 5.12. The molecule has 0 radical (unpaired) electrons. The van der Waals surface area contributed by atoms with Crippen molar-refractivity contribution in [1.82, 2.24) is 19.1 Å². The van der Waals surface area contributed by atoms with Gasteiger partial charge in [-0.2, -0.15) is 0 Å². The number of likely N-dealkylation sites (tertiary alicyclic amines) is 1. The van der Waals surface area contributed by atoms with Gasteiger partial charge in [-0.1, -0.05) is 40.5 Å². The highest BCUT2D eigenvalue weighted by Crippen LogP contribution is 2.41. The molecule has 3 heterocycles. The summed E-state index contributed by atoms with van der Waals surface area (Å²) < 4.78 is 31.3. The molecule has 0 saturated carbocycles. The van der Waals surface area contributed by atoms with Crippen molar-refractivity contribution in [3.05, 3.63) is 17.8 Å². The number of hydrogen-bond acceptors (Lipinski definition) is 7. The van der Waals surface area contributed by atoms with Gasteiger partial charge in [0.05, 0.1) is 30.8 Å². The lowest BCUT2D eigenvalue weighted by atomic mass is 9.88. The van der Waals surface area contributed by atoms with Crippen LogP contribution in [0.5, 0.6) is 0 Å². The molecule has 2 aliphatic rings. The molecule has 2 fully saturated rings. The Morgan fingerprint density at radius 2 is 1.88 bits per heavy atom. The Labute approximate surface area is 197 Å². The number of fused-ring (bicyclic) bond motifs is 1. The van der Waals surface area contributed by atoms with E-state index in [1.807, 2.05) is 13.8 Å². The summed E-state index contributed by atoms with van der Waals surface area (Å²) in [4.78, 5) is 34.7. The number of hydrogen-bond donors (Lipinski definition) is 0. The van der Waals surface area contributed by atoms with Gasteiger partial charge in [-0.3, -0.25) is 14.5 Å². The first kappa shape index (κ1) is 25.7. The predicted molar refractivity (Wildman–Crippen MR) is 125 cm³/mol. The minimum atomic E-state index is -3.70. The van der Waals surface area contributed by atoms with Gasteiger partial charge in [0.2, 0.25) is 21.8 Å². The summed E-state index contributed by atoms with van der Waals surface area (Å²) in [5, 5.41) is 0. The van der Waals surface area contributed by atoms with Crippen molar-refractivity contribution in [3.8, 4) is 0 Å². The number of oxazole rings is 1. The fourth-order valence-corrected chi connectivity index (χ4v) is 6.29. The molecule has 1 aromatic rings. The first-order valence-corrected chi connectivity index (χ1v) is 14.0. The molecule has 1 aromatic heterocycles. The molecule has 33 heavy (non-hydrogen) atoms. The summed E-state index contributed by atoms with van der Waals surface area (Å²) in [7, 11) is -3.70. The minimum Gasteiger partial charge on any atom is -0.447 e. The van der Waals surface area contributed by atoms with Crippen LogP contribution in [0.4, 0.5) is 0 Å². The molecule has 0 aromatic carbocycles. The maximum Gasteiger partial charge on any atom is 0.276 e. The van der Waals surface area contributed by atoms with Crippen LogP contribution in [-0.4, -0.2) is 77.3 Å².